The molecule has 1 heterocycles. The van der Waals surface area contributed by atoms with Gasteiger partial charge in [0.1, 0.15) is 6.54 Å². The van der Waals surface area contributed by atoms with Crippen LogP contribution in [-0.4, -0.2) is 45.7 Å². The number of anilines is 3. The first-order chi connectivity index (χ1) is 14.0. The predicted molar refractivity (Wildman–Crippen MR) is 114 cm³/mol. The van der Waals surface area contributed by atoms with Crippen molar-refractivity contribution in [2.24, 2.45) is 0 Å². The first-order valence-corrected chi connectivity index (χ1v) is 9.67. The maximum absolute atomic E-state index is 12.5. The summed E-state index contributed by atoms with van der Waals surface area (Å²) in [6, 6.07) is 12.9. The molecule has 29 heavy (non-hydrogen) atoms. The van der Waals surface area contributed by atoms with E-state index in [4.69, 9.17) is 9.47 Å². The van der Waals surface area contributed by atoms with Gasteiger partial charge >= 0.3 is 0 Å². The van der Waals surface area contributed by atoms with E-state index < -0.39 is 0 Å². The van der Waals surface area contributed by atoms with Gasteiger partial charge in [-0.2, -0.15) is 0 Å². The van der Waals surface area contributed by atoms with Gasteiger partial charge < -0.3 is 24.6 Å². The van der Waals surface area contributed by atoms with Crippen LogP contribution in [0.1, 0.15) is 19.8 Å². The normalized spacial score (nSPS) is 13.1. The summed E-state index contributed by atoms with van der Waals surface area (Å²) in [4.78, 5) is 28.4. The van der Waals surface area contributed by atoms with Crippen molar-refractivity contribution in [2.45, 2.75) is 19.8 Å². The first-order valence-electron chi connectivity index (χ1n) is 9.67. The third-order valence-corrected chi connectivity index (χ3v) is 4.98. The Kier molecular flexibility index (Phi) is 6.59. The highest BCUT2D eigenvalue weighted by atomic mass is 16.5. The number of methoxy groups -OCH3 is 2. The molecule has 3 rings (SSSR count). The number of hydrogen-bond donors (Lipinski definition) is 1. The highest BCUT2D eigenvalue weighted by molar-refractivity contribution is 6.02. The number of hydrogen-bond acceptors (Lipinski definition) is 5. The molecule has 1 saturated heterocycles. The fourth-order valence-corrected chi connectivity index (χ4v) is 3.45. The maximum Gasteiger partial charge on any atom is 0.244 e. The molecule has 154 valence electrons. The Morgan fingerprint density at radius 3 is 2.24 bits per heavy atom. The van der Waals surface area contributed by atoms with Crippen molar-refractivity contribution >= 4 is 28.9 Å². The largest absolute Gasteiger partial charge is 0.493 e. The van der Waals surface area contributed by atoms with Crippen LogP contribution in [0, 0.1) is 0 Å². The quantitative estimate of drug-likeness (QED) is 0.776. The Labute approximate surface area is 171 Å². The van der Waals surface area contributed by atoms with Crippen LogP contribution in [-0.2, 0) is 9.59 Å². The number of carbonyl (C=O) groups is 2. The minimum absolute atomic E-state index is 0.0985. The van der Waals surface area contributed by atoms with Crippen molar-refractivity contribution < 1.29 is 19.1 Å². The third-order valence-electron chi connectivity index (χ3n) is 4.98. The Morgan fingerprint density at radius 1 is 1.00 bits per heavy atom. The SMILES string of the molecule is COc1ccc(N(CC(=O)Nc2ccc(N3CCCC3)cc2)C(C)=O)cc1OC. The molecule has 1 aliphatic rings. The van der Waals surface area contributed by atoms with Gasteiger partial charge in [-0.05, 0) is 49.2 Å². The molecule has 2 aromatic rings. The van der Waals surface area contributed by atoms with E-state index in [9.17, 15) is 9.59 Å². The van der Waals surface area contributed by atoms with Gasteiger partial charge in [0.25, 0.3) is 0 Å². The van der Waals surface area contributed by atoms with Crippen LogP contribution in [0.3, 0.4) is 0 Å². The molecule has 0 aliphatic carbocycles. The van der Waals surface area contributed by atoms with E-state index in [2.05, 4.69) is 10.2 Å². The van der Waals surface area contributed by atoms with Crippen LogP contribution in [0.2, 0.25) is 0 Å². The van der Waals surface area contributed by atoms with Crippen molar-refractivity contribution in [2.75, 3.05) is 49.0 Å². The van der Waals surface area contributed by atoms with Gasteiger partial charge in [-0.1, -0.05) is 0 Å². The summed E-state index contributed by atoms with van der Waals surface area (Å²) in [7, 11) is 3.07. The smallest absolute Gasteiger partial charge is 0.244 e. The number of nitrogens with one attached hydrogen (secondary N) is 1. The lowest BCUT2D eigenvalue weighted by Crippen LogP contribution is -2.36. The molecule has 2 amide bonds. The van der Waals surface area contributed by atoms with Gasteiger partial charge in [-0.25, -0.2) is 0 Å². The Balaban J connectivity index is 1.67. The van der Waals surface area contributed by atoms with Gasteiger partial charge in [-0.15, -0.1) is 0 Å². The molecule has 0 atom stereocenters. The molecule has 1 aliphatic heterocycles. The lowest BCUT2D eigenvalue weighted by molar-refractivity contribution is -0.120. The lowest BCUT2D eigenvalue weighted by Gasteiger charge is -2.22. The van der Waals surface area contributed by atoms with E-state index in [1.165, 1.54) is 31.8 Å². The summed E-state index contributed by atoms with van der Waals surface area (Å²) < 4.78 is 10.5. The second-order valence-electron chi connectivity index (χ2n) is 6.93. The zero-order chi connectivity index (χ0) is 20.8. The zero-order valence-electron chi connectivity index (χ0n) is 17.1. The molecule has 1 fully saturated rings. The third kappa shape index (κ3) is 4.99. The van der Waals surface area contributed by atoms with Crippen molar-refractivity contribution in [3.63, 3.8) is 0 Å². The number of nitrogens with zero attached hydrogens (tertiary/aromatic N) is 2. The highest BCUT2D eigenvalue weighted by Gasteiger charge is 2.18. The van der Waals surface area contributed by atoms with Crippen LogP contribution in [0.15, 0.2) is 42.5 Å². The molecule has 7 nitrogen and oxygen atoms in total. The van der Waals surface area contributed by atoms with Gasteiger partial charge in [0, 0.05) is 43.1 Å². The average molecular weight is 397 g/mol. The van der Waals surface area contributed by atoms with Crippen molar-refractivity contribution in [3.05, 3.63) is 42.5 Å². The minimum atomic E-state index is -0.274. The minimum Gasteiger partial charge on any atom is -0.493 e. The number of amides is 2. The molecular weight excluding hydrogens is 370 g/mol. The first kappa shape index (κ1) is 20.5. The van der Waals surface area contributed by atoms with Crippen molar-refractivity contribution in [1.29, 1.82) is 0 Å². The molecule has 1 N–H and O–H groups in total. The average Bonchev–Trinajstić information content (AvgIpc) is 3.26. The zero-order valence-corrected chi connectivity index (χ0v) is 17.1. The Hall–Kier alpha value is -3.22. The summed E-state index contributed by atoms with van der Waals surface area (Å²) >= 11 is 0. The van der Waals surface area contributed by atoms with Gasteiger partial charge in [0.2, 0.25) is 11.8 Å². The van der Waals surface area contributed by atoms with Crippen LogP contribution < -0.4 is 24.6 Å². The molecule has 0 spiro atoms. The van der Waals surface area contributed by atoms with Crippen LogP contribution in [0.5, 0.6) is 11.5 Å². The summed E-state index contributed by atoms with van der Waals surface area (Å²) in [5.74, 6) is 0.539. The van der Waals surface area contributed by atoms with E-state index in [1.54, 1.807) is 25.3 Å². The van der Waals surface area contributed by atoms with Crippen LogP contribution in [0.25, 0.3) is 0 Å². The van der Waals surface area contributed by atoms with Crippen LogP contribution in [0.4, 0.5) is 17.1 Å². The summed E-state index contributed by atoms with van der Waals surface area (Å²) in [5.41, 5.74) is 2.43. The van der Waals surface area contributed by atoms with Crippen molar-refractivity contribution in [3.8, 4) is 11.5 Å². The fourth-order valence-electron chi connectivity index (χ4n) is 3.45. The second-order valence-corrected chi connectivity index (χ2v) is 6.93. The van der Waals surface area contributed by atoms with Gasteiger partial charge in [0.15, 0.2) is 11.5 Å². The summed E-state index contributed by atoms with van der Waals surface area (Å²) in [6.45, 7) is 3.47. The maximum atomic E-state index is 12.5. The number of rotatable bonds is 7. The van der Waals surface area contributed by atoms with E-state index >= 15 is 0 Å². The Bertz CT molecular complexity index is 861. The highest BCUT2D eigenvalue weighted by Crippen LogP contribution is 2.31. The second kappa shape index (κ2) is 9.32. The van der Waals surface area contributed by atoms with E-state index in [0.29, 0.717) is 22.9 Å². The van der Waals surface area contributed by atoms with Gasteiger partial charge in [-0.3, -0.25) is 9.59 Å². The lowest BCUT2D eigenvalue weighted by atomic mass is 10.2. The van der Waals surface area contributed by atoms with E-state index in [0.717, 1.165) is 18.8 Å². The number of carbonyl (C=O) groups excluding carboxylic acids is 2. The van der Waals surface area contributed by atoms with E-state index in [1.807, 2.05) is 24.3 Å². The van der Waals surface area contributed by atoms with E-state index in [-0.39, 0.29) is 18.4 Å². The molecule has 0 bridgehead atoms. The molecule has 0 aromatic heterocycles. The molecule has 0 radical (unpaired) electrons. The predicted octanol–water partition coefficient (Wildman–Crippen LogP) is 3.30. The van der Waals surface area contributed by atoms with Gasteiger partial charge in [0.05, 0.1) is 14.2 Å². The molecule has 7 heteroatoms. The Morgan fingerprint density at radius 2 is 1.66 bits per heavy atom. The molecule has 0 saturated carbocycles. The summed E-state index contributed by atoms with van der Waals surface area (Å²) in [6.07, 6.45) is 2.44. The van der Waals surface area contributed by atoms with Crippen LogP contribution >= 0.6 is 0 Å². The molecule has 2 aromatic carbocycles. The fraction of sp³-hybridized carbons (Fsp3) is 0.364. The topological polar surface area (TPSA) is 71.1 Å². The molecule has 0 unspecified atom stereocenters. The standard InChI is InChI=1S/C22H27N3O4/c1-16(26)25(19-10-11-20(28-2)21(14-19)29-3)15-22(27)23-17-6-8-18(9-7-17)24-12-4-5-13-24/h6-11,14H,4-5,12-13,15H2,1-3H3,(H,23,27). The monoisotopic (exact) mass is 397 g/mol. The number of ether oxygens (including phenoxy) is 2. The summed E-state index contributed by atoms with van der Waals surface area (Å²) in [5, 5.41) is 2.86. The molecular formula is C22H27N3O4. The van der Waals surface area contributed by atoms with Crippen molar-refractivity contribution in [1.82, 2.24) is 0 Å². The number of benzene rings is 2.